The number of aromatic nitrogens is 3. The number of carbonyl (C=O) groups is 1. The van der Waals surface area contributed by atoms with Crippen LogP contribution in [0.1, 0.15) is 38.3 Å². The molecule has 0 saturated heterocycles. The molecular formula is C10H19N5O. The molecule has 6 nitrogen and oxygen atoms in total. The van der Waals surface area contributed by atoms with Crippen LogP contribution in [0.2, 0.25) is 0 Å². The van der Waals surface area contributed by atoms with Crippen LogP contribution in [0.4, 0.5) is 5.95 Å². The summed E-state index contributed by atoms with van der Waals surface area (Å²) >= 11 is 0. The highest BCUT2D eigenvalue weighted by atomic mass is 16.2. The number of amides is 1. The Balaban J connectivity index is 2.83. The molecular weight excluding hydrogens is 206 g/mol. The number of anilines is 1. The van der Waals surface area contributed by atoms with E-state index < -0.39 is 0 Å². The minimum absolute atomic E-state index is 0.00990. The maximum Gasteiger partial charge on any atom is 0.291 e. The highest BCUT2D eigenvalue weighted by molar-refractivity contribution is 5.90. The number of carbonyl (C=O) groups excluding carboxylic acids is 1. The molecule has 0 spiro atoms. The van der Waals surface area contributed by atoms with Gasteiger partial charge in [-0.15, -0.1) is 5.10 Å². The Bertz CT molecular complexity index is 379. The number of hydrogen-bond donors (Lipinski definition) is 2. The van der Waals surface area contributed by atoms with Gasteiger partial charge >= 0.3 is 0 Å². The van der Waals surface area contributed by atoms with Crippen molar-refractivity contribution in [2.45, 2.75) is 33.7 Å². The van der Waals surface area contributed by atoms with Gasteiger partial charge in [-0.3, -0.25) is 9.89 Å². The Hall–Kier alpha value is -1.59. The predicted octanol–water partition coefficient (Wildman–Crippen LogP) is 0.893. The van der Waals surface area contributed by atoms with E-state index in [0.29, 0.717) is 0 Å². The van der Waals surface area contributed by atoms with Gasteiger partial charge in [-0.25, -0.2) is 0 Å². The van der Waals surface area contributed by atoms with Crippen LogP contribution in [0.15, 0.2) is 0 Å². The lowest BCUT2D eigenvalue weighted by molar-refractivity contribution is 0.0617. The van der Waals surface area contributed by atoms with E-state index in [1.54, 1.807) is 11.9 Å². The first kappa shape index (κ1) is 12.5. The zero-order valence-corrected chi connectivity index (χ0v) is 10.4. The second kappa shape index (κ2) is 4.11. The summed E-state index contributed by atoms with van der Waals surface area (Å²) < 4.78 is 0. The second-order valence-corrected chi connectivity index (χ2v) is 5.00. The number of aromatic amines is 1. The van der Waals surface area contributed by atoms with Gasteiger partial charge in [0.2, 0.25) is 11.8 Å². The van der Waals surface area contributed by atoms with Crippen LogP contribution < -0.4 is 5.73 Å². The van der Waals surface area contributed by atoms with Crippen LogP contribution in [-0.4, -0.2) is 39.1 Å². The van der Waals surface area contributed by atoms with Crippen LogP contribution in [-0.2, 0) is 0 Å². The van der Waals surface area contributed by atoms with Crippen molar-refractivity contribution in [3.63, 3.8) is 0 Å². The molecule has 0 fully saturated rings. The van der Waals surface area contributed by atoms with E-state index in [1.165, 1.54) is 0 Å². The topological polar surface area (TPSA) is 87.9 Å². The Kier molecular flexibility index (Phi) is 3.21. The van der Waals surface area contributed by atoms with Gasteiger partial charge in [0.25, 0.3) is 5.91 Å². The molecule has 1 heterocycles. The van der Waals surface area contributed by atoms with E-state index >= 15 is 0 Å². The summed E-state index contributed by atoms with van der Waals surface area (Å²) in [4.78, 5) is 17.4. The third-order valence-corrected chi connectivity index (χ3v) is 2.86. The van der Waals surface area contributed by atoms with Crippen molar-refractivity contribution in [2.75, 3.05) is 12.8 Å². The lowest BCUT2D eigenvalue weighted by Crippen LogP contribution is -2.43. The van der Waals surface area contributed by atoms with E-state index in [9.17, 15) is 4.79 Å². The maximum absolute atomic E-state index is 12.0. The fourth-order valence-electron chi connectivity index (χ4n) is 1.29. The second-order valence-electron chi connectivity index (χ2n) is 5.00. The van der Waals surface area contributed by atoms with E-state index in [1.807, 2.05) is 6.92 Å². The number of nitrogens with one attached hydrogen (secondary N) is 1. The lowest BCUT2D eigenvalue weighted by atomic mass is 9.87. The first-order valence-corrected chi connectivity index (χ1v) is 5.18. The molecule has 16 heavy (non-hydrogen) atoms. The number of H-pyrrole nitrogens is 1. The summed E-state index contributed by atoms with van der Waals surface area (Å²) in [5.74, 6) is 0.0582. The minimum Gasteiger partial charge on any atom is -0.366 e. The van der Waals surface area contributed by atoms with Crippen LogP contribution >= 0.6 is 0 Å². The molecule has 6 heteroatoms. The molecule has 1 rings (SSSR count). The third kappa shape index (κ3) is 2.50. The third-order valence-electron chi connectivity index (χ3n) is 2.86. The summed E-state index contributed by atoms with van der Waals surface area (Å²) in [6.45, 7) is 8.24. The smallest absolute Gasteiger partial charge is 0.291 e. The van der Waals surface area contributed by atoms with Crippen molar-refractivity contribution < 1.29 is 4.79 Å². The Morgan fingerprint density at radius 3 is 2.44 bits per heavy atom. The molecule has 1 aromatic heterocycles. The molecule has 0 saturated carbocycles. The van der Waals surface area contributed by atoms with Gasteiger partial charge in [-0.2, -0.15) is 4.98 Å². The van der Waals surface area contributed by atoms with Gasteiger partial charge in [0.15, 0.2) is 0 Å². The molecule has 1 unspecified atom stereocenters. The molecule has 1 atom stereocenters. The minimum atomic E-state index is -0.202. The van der Waals surface area contributed by atoms with Gasteiger partial charge in [-0.05, 0) is 12.3 Å². The standard InChI is InChI=1S/C10H19N5O/c1-6(10(2,3)4)15(5)8(16)7-12-9(11)14-13-7/h6H,1-5H3,(H3,11,12,13,14). The number of nitrogen functional groups attached to an aromatic ring is 1. The fraction of sp³-hybridized carbons (Fsp3) is 0.700. The predicted molar refractivity (Wildman–Crippen MR) is 61.8 cm³/mol. The molecule has 90 valence electrons. The molecule has 1 amide bonds. The van der Waals surface area contributed by atoms with Gasteiger partial charge in [0.1, 0.15) is 0 Å². The lowest BCUT2D eigenvalue weighted by Gasteiger charge is -2.34. The molecule has 0 aliphatic heterocycles. The summed E-state index contributed by atoms with van der Waals surface area (Å²) in [6.07, 6.45) is 0. The zero-order chi connectivity index (χ0) is 12.5. The molecule has 1 aromatic rings. The van der Waals surface area contributed by atoms with Crippen molar-refractivity contribution in [1.82, 2.24) is 20.1 Å². The van der Waals surface area contributed by atoms with Crippen LogP contribution in [0.3, 0.4) is 0 Å². The Morgan fingerprint density at radius 1 is 1.50 bits per heavy atom. The van der Waals surface area contributed by atoms with Crippen LogP contribution in [0.25, 0.3) is 0 Å². The van der Waals surface area contributed by atoms with E-state index in [4.69, 9.17) is 5.73 Å². The van der Waals surface area contributed by atoms with E-state index in [0.717, 1.165) is 0 Å². The summed E-state index contributed by atoms with van der Waals surface area (Å²) in [7, 11) is 1.75. The van der Waals surface area contributed by atoms with Crippen molar-refractivity contribution in [1.29, 1.82) is 0 Å². The zero-order valence-electron chi connectivity index (χ0n) is 10.4. The first-order chi connectivity index (χ1) is 7.23. The largest absolute Gasteiger partial charge is 0.366 e. The van der Waals surface area contributed by atoms with Gasteiger partial charge in [0, 0.05) is 13.1 Å². The average molecular weight is 225 g/mol. The highest BCUT2D eigenvalue weighted by Gasteiger charge is 2.28. The molecule has 0 radical (unpaired) electrons. The Morgan fingerprint density at radius 2 is 2.06 bits per heavy atom. The van der Waals surface area contributed by atoms with Gasteiger partial charge in [-0.1, -0.05) is 20.8 Å². The summed E-state index contributed by atoms with van der Waals surface area (Å²) in [5, 5.41) is 6.15. The van der Waals surface area contributed by atoms with Crippen LogP contribution in [0.5, 0.6) is 0 Å². The van der Waals surface area contributed by atoms with Crippen molar-refractivity contribution in [2.24, 2.45) is 5.41 Å². The van der Waals surface area contributed by atoms with Crippen molar-refractivity contribution >= 4 is 11.9 Å². The maximum atomic E-state index is 12.0. The molecule has 0 aliphatic carbocycles. The van der Waals surface area contributed by atoms with Crippen molar-refractivity contribution in [3.05, 3.63) is 5.82 Å². The number of rotatable bonds is 2. The normalized spacial score (nSPS) is 13.6. The van der Waals surface area contributed by atoms with Crippen LogP contribution in [0, 0.1) is 5.41 Å². The summed E-state index contributed by atoms with van der Waals surface area (Å²) in [5.41, 5.74) is 5.36. The fourth-order valence-corrected chi connectivity index (χ4v) is 1.29. The molecule has 0 bridgehead atoms. The Labute approximate surface area is 95.2 Å². The first-order valence-electron chi connectivity index (χ1n) is 5.18. The number of nitrogens with zero attached hydrogens (tertiary/aromatic N) is 3. The molecule has 0 aliphatic rings. The van der Waals surface area contributed by atoms with E-state index in [2.05, 4.69) is 36.0 Å². The van der Waals surface area contributed by atoms with E-state index in [-0.39, 0.29) is 29.1 Å². The molecule has 3 N–H and O–H groups in total. The molecule has 0 aromatic carbocycles. The summed E-state index contributed by atoms with van der Waals surface area (Å²) in [6, 6.07) is 0.0892. The quantitative estimate of drug-likeness (QED) is 0.782. The van der Waals surface area contributed by atoms with Gasteiger partial charge < -0.3 is 10.6 Å². The average Bonchev–Trinajstić information content (AvgIpc) is 2.60. The van der Waals surface area contributed by atoms with Crippen molar-refractivity contribution in [3.8, 4) is 0 Å². The number of nitrogens with two attached hydrogens (primary N) is 1. The number of hydrogen-bond acceptors (Lipinski definition) is 4. The monoisotopic (exact) mass is 225 g/mol. The SMILES string of the molecule is CC(N(C)C(=O)c1nc(N)n[nH]1)C(C)(C)C. The van der Waals surface area contributed by atoms with Gasteiger partial charge in [0.05, 0.1) is 0 Å². The highest BCUT2D eigenvalue weighted by Crippen LogP contribution is 2.23.